The summed E-state index contributed by atoms with van der Waals surface area (Å²) in [5.41, 5.74) is 3.44. The van der Waals surface area contributed by atoms with E-state index >= 15 is 0 Å². The molecule has 0 radical (unpaired) electrons. The SMILES string of the molecule is CON(C)C(=O)c1cc(C)n(Cc2ccc(F)cc2)c1C. The fraction of sp³-hybridized carbons (Fsp3) is 0.312. The fourth-order valence-corrected chi connectivity index (χ4v) is 2.29. The van der Waals surface area contributed by atoms with Crippen LogP contribution in [0.2, 0.25) is 0 Å². The molecule has 1 heterocycles. The molecule has 2 rings (SSSR count). The number of hydroxylamine groups is 2. The van der Waals surface area contributed by atoms with Crippen molar-refractivity contribution in [2.45, 2.75) is 20.4 Å². The van der Waals surface area contributed by atoms with Gasteiger partial charge >= 0.3 is 0 Å². The van der Waals surface area contributed by atoms with Crippen LogP contribution in [0.1, 0.15) is 27.3 Å². The Labute approximate surface area is 123 Å². The molecule has 0 aliphatic carbocycles. The van der Waals surface area contributed by atoms with Gasteiger partial charge in [-0.2, -0.15) is 0 Å². The van der Waals surface area contributed by atoms with Crippen LogP contribution in [0.25, 0.3) is 0 Å². The highest BCUT2D eigenvalue weighted by molar-refractivity contribution is 5.94. The molecule has 4 nitrogen and oxygen atoms in total. The van der Waals surface area contributed by atoms with Gasteiger partial charge in [-0.25, -0.2) is 9.45 Å². The van der Waals surface area contributed by atoms with Gasteiger partial charge < -0.3 is 4.57 Å². The molecule has 0 bridgehead atoms. The molecular weight excluding hydrogens is 271 g/mol. The van der Waals surface area contributed by atoms with Crippen molar-refractivity contribution in [2.24, 2.45) is 0 Å². The van der Waals surface area contributed by atoms with E-state index in [4.69, 9.17) is 4.84 Å². The van der Waals surface area contributed by atoms with E-state index in [2.05, 4.69) is 0 Å². The second kappa shape index (κ2) is 6.10. The minimum absolute atomic E-state index is 0.184. The molecule has 21 heavy (non-hydrogen) atoms. The standard InChI is InChI=1S/C16H19FN2O2/c1-11-9-15(16(20)18(3)21-4)12(2)19(11)10-13-5-7-14(17)8-6-13/h5-9H,10H2,1-4H3. The van der Waals surface area contributed by atoms with Crippen molar-refractivity contribution < 1.29 is 14.0 Å². The second-order valence-corrected chi connectivity index (χ2v) is 4.98. The number of nitrogens with zero attached hydrogens (tertiary/aromatic N) is 2. The van der Waals surface area contributed by atoms with Crippen LogP contribution in [-0.2, 0) is 11.4 Å². The van der Waals surface area contributed by atoms with E-state index in [0.717, 1.165) is 17.0 Å². The molecule has 2 aromatic rings. The van der Waals surface area contributed by atoms with E-state index in [1.54, 1.807) is 19.2 Å². The lowest BCUT2D eigenvalue weighted by atomic mass is 10.2. The third-order valence-electron chi connectivity index (χ3n) is 3.62. The van der Waals surface area contributed by atoms with Gasteiger partial charge in [-0.15, -0.1) is 0 Å². The normalized spacial score (nSPS) is 10.7. The van der Waals surface area contributed by atoms with Crippen LogP contribution in [0.4, 0.5) is 4.39 Å². The predicted octanol–water partition coefficient (Wildman–Crippen LogP) is 2.93. The van der Waals surface area contributed by atoms with Crippen molar-refractivity contribution >= 4 is 5.91 Å². The van der Waals surface area contributed by atoms with Crippen LogP contribution >= 0.6 is 0 Å². The van der Waals surface area contributed by atoms with Crippen molar-refractivity contribution in [2.75, 3.05) is 14.2 Å². The first kappa shape index (κ1) is 15.3. The quantitative estimate of drug-likeness (QED) is 0.811. The average Bonchev–Trinajstić information content (AvgIpc) is 2.76. The van der Waals surface area contributed by atoms with Gasteiger partial charge in [-0.1, -0.05) is 12.1 Å². The number of benzene rings is 1. The summed E-state index contributed by atoms with van der Waals surface area (Å²) in [5.74, 6) is -0.437. The van der Waals surface area contributed by atoms with Crippen molar-refractivity contribution in [3.05, 3.63) is 58.7 Å². The fourth-order valence-electron chi connectivity index (χ4n) is 2.29. The highest BCUT2D eigenvalue weighted by atomic mass is 19.1. The Morgan fingerprint density at radius 3 is 2.48 bits per heavy atom. The summed E-state index contributed by atoms with van der Waals surface area (Å²) >= 11 is 0. The van der Waals surface area contributed by atoms with E-state index in [1.807, 2.05) is 24.5 Å². The molecule has 112 valence electrons. The molecule has 1 aromatic heterocycles. The third kappa shape index (κ3) is 3.13. The van der Waals surface area contributed by atoms with Crippen LogP contribution in [0.3, 0.4) is 0 Å². The number of carbonyl (C=O) groups excluding carboxylic acids is 1. The lowest BCUT2D eigenvalue weighted by Crippen LogP contribution is -2.25. The van der Waals surface area contributed by atoms with E-state index in [9.17, 15) is 9.18 Å². The first-order valence-corrected chi connectivity index (χ1v) is 6.67. The zero-order chi connectivity index (χ0) is 15.6. The molecule has 0 unspecified atom stereocenters. The second-order valence-electron chi connectivity index (χ2n) is 4.98. The van der Waals surface area contributed by atoms with Crippen LogP contribution in [0, 0.1) is 19.7 Å². The topological polar surface area (TPSA) is 34.5 Å². The van der Waals surface area contributed by atoms with Gasteiger partial charge in [0.05, 0.1) is 12.7 Å². The number of hydrogen-bond donors (Lipinski definition) is 0. The Balaban J connectivity index is 2.31. The average molecular weight is 290 g/mol. The van der Waals surface area contributed by atoms with Crippen LogP contribution in [0.5, 0.6) is 0 Å². The number of rotatable bonds is 4. The number of carbonyl (C=O) groups is 1. The molecule has 1 amide bonds. The molecule has 0 spiro atoms. The Morgan fingerprint density at radius 1 is 1.29 bits per heavy atom. The lowest BCUT2D eigenvalue weighted by Gasteiger charge is -2.14. The van der Waals surface area contributed by atoms with Gasteiger partial charge in [0.25, 0.3) is 5.91 Å². The minimum Gasteiger partial charge on any atom is -0.344 e. The first-order valence-electron chi connectivity index (χ1n) is 6.67. The molecule has 0 atom stereocenters. The summed E-state index contributed by atoms with van der Waals surface area (Å²) in [6, 6.07) is 8.22. The van der Waals surface area contributed by atoms with E-state index in [1.165, 1.54) is 24.3 Å². The Kier molecular flexibility index (Phi) is 4.43. The van der Waals surface area contributed by atoms with Crippen molar-refractivity contribution in [3.63, 3.8) is 0 Å². The minimum atomic E-state index is -0.253. The number of amides is 1. The molecule has 0 fully saturated rings. The lowest BCUT2D eigenvalue weighted by molar-refractivity contribution is -0.0757. The Bertz CT molecular complexity index is 647. The number of hydrogen-bond acceptors (Lipinski definition) is 2. The van der Waals surface area contributed by atoms with Crippen molar-refractivity contribution in [1.82, 2.24) is 9.63 Å². The largest absolute Gasteiger partial charge is 0.344 e. The van der Waals surface area contributed by atoms with E-state index < -0.39 is 0 Å². The van der Waals surface area contributed by atoms with Gasteiger partial charge in [0, 0.05) is 25.0 Å². The summed E-state index contributed by atoms with van der Waals surface area (Å²) in [7, 11) is 3.03. The summed E-state index contributed by atoms with van der Waals surface area (Å²) < 4.78 is 15.0. The van der Waals surface area contributed by atoms with Crippen LogP contribution in [0.15, 0.2) is 30.3 Å². The number of aromatic nitrogens is 1. The van der Waals surface area contributed by atoms with Crippen molar-refractivity contribution in [1.29, 1.82) is 0 Å². The molecule has 0 saturated heterocycles. The molecule has 0 saturated carbocycles. The maximum Gasteiger partial charge on any atom is 0.278 e. The molecule has 0 aliphatic heterocycles. The summed E-state index contributed by atoms with van der Waals surface area (Å²) in [4.78, 5) is 17.1. The maximum absolute atomic E-state index is 13.0. The summed E-state index contributed by atoms with van der Waals surface area (Å²) in [5, 5.41) is 1.20. The molecule has 5 heteroatoms. The number of halogens is 1. The van der Waals surface area contributed by atoms with Gasteiger partial charge in [-0.05, 0) is 37.6 Å². The first-order chi connectivity index (χ1) is 9.93. The molecular formula is C16H19FN2O2. The van der Waals surface area contributed by atoms with E-state index in [0.29, 0.717) is 12.1 Å². The van der Waals surface area contributed by atoms with Gasteiger partial charge in [-0.3, -0.25) is 9.63 Å². The number of aryl methyl sites for hydroxylation is 1. The van der Waals surface area contributed by atoms with Crippen LogP contribution < -0.4 is 0 Å². The monoisotopic (exact) mass is 290 g/mol. The van der Waals surface area contributed by atoms with Gasteiger partial charge in [0.2, 0.25) is 0 Å². The predicted molar refractivity (Wildman–Crippen MR) is 78.5 cm³/mol. The third-order valence-corrected chi connectivity index (χ3v) is 3.62. The Morgan fingerprint density at radius 2 is 1.90 bits per heavy atom. The Hall–Kier alpha value is -2.14. The highest BCUT2D eigenvalue weighted by Crippen LogP contribution is 2.18. The molecule has 1 aromatic carbocycles. The maximum atomic E-state index is 13.0. The zero-order valence-corrected chi connectivity index (χ0v) is 12.7. The van der Waals surface area contributed by atoms with Gasteiger partial charge in [0.15, 0.2) is 0 Å². The van der Waals surface area contributed by atoms with Gasteiger partial charge in [0.1, 0.15) is 5.82 Å². The van der Waals surface area contributed by atoms with Crippen LogP contribution in [-0.4, -0.2) is 29.7 Å². The summed E-state index contributed by atoms with van der Waals surface area (Å²) in [6.07, 6.45) is 0. The summed E-state index contributed by atoms with van der Waals surface area (Å²) in [6.45, 7) is 4.44. The molecule has 0 N–H and O–H groups in total. The van der Waals surface area contributed by atoms with Crippen molar-refractivity contribution in [3.8, 4) is 0 Å². The van der Waals surface area contributed by atoms with E-state index in [-0.39, 0.29) is 11.7 Å². The molecule has 0 aliphatic rings. The smallest absolute Gasteiger partial charge is 0.278 e. The zero-order valence-electron chi connectivity index (χ0n) is 12.7. The highest BCUT2D eigenvalue weighted by Gasteiger charge is 2.19.